The molecular formula is C13H27NO2. The van der Waals surface area contributed by atoms with Crippen molar-refractivity contribution < 1.29 is 9.53 Å². The Balaban J connectivity index is 3.64. The van der Waals surface area contributed by atoms with Crippen LogP contribution in [0.3, 0.4) is 0 Å². The lowest BCUT2D eigenvalue weighted by Crippen LogP contribution is -2.33. The number of ether oxygens (including phenoxy) is 1. The zero-order valence-corrected chi connectivity index (χ0v) is 11.4. The topological polar surface area (TPSA) is 38.3 Å². The molecule has 1 atom stereocenters. The maximum atomic E-state index is 11.6. The van der Waals surface area contributed by atoms with Gasteiger partial charge in [-0.25, -0.2) is 0 Å². The largest absolute Gasteiger partial charge is 0.460 e. The molecule has 0 rings (SSSR count). The maximum Gasteiger partial charge on any atom is 0.310 e. The standard InChI is InChI=1S/C13H27NO2/c1-6-7-8-9-14-10-11(2)12(15)16-13(3,4)5/h11,14H,6-10H2,1-5H3/t11-/m0/s1. The van der Waals surface area contributed by atoms with Crippen LogP contribution in [0.2, 0.25) is 0 Å². The Labute approximate surface area is 99.9 Å². The van der Waals surface area contributed by atoms with Crippen molar-refractivity contribution in [1.82, 2.24) is 5.32 Å². The van der Waals surface area contributed by atoms with Gasteiger partial charge in [0.05, 0.1) is 5.92 Å². The monoisotopic (exact) mass is 229 g/mol. The van der Waals surface area contributed by atoms with Crippen molar-refractivity contribution in [2.24, 2.45) is 5.92 Å². The van der Waals surface area contributed by atoms with Crippen LogP contribution in [0.4, 0.5) is 0 Å². The third-order valence-corrected chi connectivity index (χ3v) is 2.22. The van der Waals surface area contributed by atoms with Crippen LogP contribution >= 0.6 is 0 Å². The predicted octanol–water partition coefficient (Wildman–Crippen LogP) is 2.74. The molecule has 0 aromatic rings. The molecule has 0 aromatic carbocycles. The van der Waals surface area contributed by atoms with Gasteiger partial charge in [-0.2, -0.15) is 0 Å². The van der Waals surface area contributed by atoms with Gasteiger partial charge in [0, 0.05) is 6.54 Å². The number of carbonyl (C=O) groups excluding carboxylic acids is 1. The molecule has 0 bridgehead atoms. The number of hydrogen-bond donors (Lipinski definition) is 1. The van der Waals surface area contributed by atoms with Crippen molar-refractivity contribution in [1.29, 1.82) is 0 Å². The van der Waals surface area contributed by atoms with E-state index in [1.54, 1.807) is 0 Å². The minimum Gasteiger partial charge on any atom is -0.460 e. The summed E-state index contributed by atoms with van der Waals surface area (Å²) >= 11 is 0. The first-order valence-electron chi connectivity index (χ1n) is 6.30. The molecule has 0 aromatic heterocycles. The molecule has 0 spiro atoms. The van der Waals surface area contributed by atoms with Crippen molar-refractivity contribution in [3.63, 3.8) is 0 Å². The summed E-state index contributed by atoms with van der Waals surface area (Å²) in [6.45, 7) is 11.5. The quantitative estimate of drug-likeness (QED) is 0.539. The summed E-state index contributed by atoms with van der Waals surface area (Å²) in [6.07, 6.45) is 3.65. The second kappa shape index (κ2) is 7.66. The lowest BCUT2D eigenvalue weighted by molar-refractivity contribution is -0.159. The Bertz CT molecular complexity index is 197. The van der Waals surface area contributed by atoms with Gasteiger partial charge in [0.25, 0.3) is 0 Å². The van der Waals surface area contributed by atoms with Gasteiger partial charge in [-0.1, -0.05) is 26.7 Å². The summed E-state index contributed by atoms with van der Waals surface area (Å²) in [6, 6.07) is 0. The van der Waals surface area contributed by atoms with E-state index < -0.39 is 0 Å². The Kier molecular flexibility index (Phi) is 7.39. The molecule has 96 valence electrons. The molecule has 0 radical (unpaired) electrons. The second-order valence-corrected chi connectivity index (χ2v) is 5.35. The van der Waals surface area contributed by atoms with E-state index in [0.717, 1.165) is 6.54 Å². The summed E-state index contributed by atoms with van der Waals surface area (Å²) < 4.78 is 5.30. The van der Waals surface area contributed by atoms with E-state index in [1.807, 2.05) is 27.7 Å². The van der Waals surface area contributed by atoms with Crippen molar-refractivity contribution in [2.75, 3.05) is 13.1 Å². The highest BCUT2D eigenvalue weighted by atomic mass is 16.6. The zero-order chi connectivity index (χ0) is 12.6. The van der Waals surface area contributed by atoms with E-state index in [0.29, 0.717) is 6.54 Å². The number of rotatable bonds is 7. The van der Waals surface area contributed by atoms with E-state index in [4.69, 9.17) is 4.74 Å². The molecule has 0 aliphatic carbocycles. The highest BCUT2D eigenvalue weighted by Gasteiger charge is 2.20. The van der Waals surface area contributed by atoms with Crippen LogP contribution in [0.15, 0.2) is 0 Å². The molecule has 3 nitrogen and oxygen atoms in total. The van der Waals surface area contributed by atoms with Crippen molar-refractivity contribution >= 4 is 5.97 Å². The van der Waals surface area contributed by atoms with Crippen LogP contribution < -0.4 is 5.32 Å². The van der Waals surface area contributed by atoms with Crippen molar-refractivity contribution in [3.05, 3.63) is 0 Å². The number of unbranched alkanes of at least 4 members (excludes halogenated alkanes) is 2. The molecule has 0 unspecified atom stereocenters. The van der Waals surface area contributed by atoms with Gasteiger partial charge in [-0.3, -0.25) is 4.79 Å². The Hall–Kier alpha value is -0.570. The molecule has 0 amide bonds. The summed E-state index contributed by atoms with van der Waals surface area (Å²) in [5.41, 5.74) is -0.381. The fourth-order valence-electron chi connectivity index (χ4n) is 1.30. The Morgan fingerprint density at radius 3 is 2.44 bits per heavy atom. The first kappa shape index (κ1) is 15.4. The maximum absolute atomic E-state index is 11.6. The fourth-order valence-corrected chi connectivity index (χ4v) is 1.30. The molecule has 0 aliphatic heterocycles. The fraction of sp³-hybridized carbons (Fsp3) is 0.923. The molecule has 16 heavy (non-hydrogen) atoms. The summed E-state index contributed by atoms with van der Waals surface area (Å²) in [4.78, 5) is 11.6. The molecular weight excluding hydrogens is 202 g/mol. The molecule has 0 heterocycles. The average Bonchev–Trinajstić information content (AvgIpc) is 2.14. The van der Waals surface area contributed by atoms with E-state index in [-0.39, 0.29) is 17.5 Å². The molecule has 0 saturated heterocycles. The number of esters is 1. The van der Waals surface area contributed by atoms with Crippen LogP contribution in [0.25, 0.3) is 0 Å². The molecule has 0 fully saturated rings. The second-order valence-electron chi connectivity index (χ2n) is 5.35. The van der Waals surface area contributed by atoms with Crippen LogP contribution in [-0.2, 0) is 9.53 Å². The minimum absolute atomic E-state index is 0.0687. The van der Waals surface area contributed by atoms with Crippen molar-refractivity contribution in [3.8, 4) is 0 Å². The first-order chi connectivity index (χ1) is 7.37. The number of hydrogen-bond acceptors (Lipinski definition) is 3. The smallest absolute Gasteiger partial charge is 0.310 e. The third kappa shape index (κ3) is 8.72. The number of nitrogens with one attached hydrogen (secondary N) is 1. The molecule has 0 saturated carbocycles. The summed E-state index contributed by atoms with van der Waals surface area (Å²) in [5, 5.41) is 3.29. The van der Waals surface area contributed by atoms with Crippen molar-refractivity contribution in [2.45, 2.75) is 59.5 Å². The van der Waals surface area contributed by atoms with Gasteiger partial charge >= 0.3 is 5.97 Å². The summed E-state index contributed by atoms with van der Waals surface area (Å²) in [7, 11) is 0. The van der Waals surface area contributed by atoms with Gasteiger partial charge in [0.2, 0.25) is 0 Å². The van der Waals surface area contributed by atoms with Crippen LogP contribution in [0.5, 0.6) is 0 Å². The van der Waals surface area contributed by atoms with E-state index in [1.165, 1.54) is 19.3 Å². The third-order valence-electron chi connectivity index (χ3n) is 2.22. The minimum atomic E-state index is -0.381. The number of carbonyl (C=O) groups is 1. The molecule has 3 heteroatoms. The predicted molar refractivity (Wildman–Crippen MR) is 67.4 cm³/mol. The lowest BCUT2D eigenvalue weighted by Gasteiger charge is -2.22. The van der Waals surface area contributed by atoms with Gasteiger partial charge in [-0.05, 0) is 33.7 Å². The Morgan fingerprint density at radius 1 is 1.31 bits per heavy atom. The molecule has 1 N–H and O–H groups in total. The highest BCUT2D eigenvalue weighted by molar-refractivity contribution is 5.72. The van der Waals surface area contributed by atoms with Gasteiger partial charge in [0.15, 0.2) is 0 Å². The van der Waals surface area contributed by atoms with E-state index in [9.17, 15) is 4.79 Å². The van der Waals surface area contributed by atoms with Crippen LogP contribution in [0.1, 0.15) is 53.9 Å². The highest BCUT2D eigenvalue weighted by Crippen LogP contribution is 2.10. The zero-order valence-electron chi connectivity index (χ0n) is 11.4. The average molecular weight is 229 g/mol. The van der Waals surface area contributed by atoms with Gasteiger partial charge in [-0.15, -0.1) is 0 Å². The lowest BCUT2D eigenvalue weighted by atomic mass is 10.1. The van der Waals surface area contributed by atoms with E-state index >= 15 is 0 Å². The van der Waals surface area contributed by atoms with Crippen LogP contribution in [0, 0.1) is 5.92 Å². The van der Waals surface area contributed by atoms with Crippen LogP contribution in [-0.4, -0.2) is 24.7 Å². The Morgan fingerprint density at radius 2 is 1.94 bits per heavy atom. The van der Waals surface area contributed by atoms with Gasteiger partial charge in [0.1, 0.15) is 5.60 Å². The molecule has 0 aliphatic rings. The normalized spacial score (nSPS) is 13.6. The SMILES string of the molecule is CCCCCNC[C@H](C)C(=O)OC(C)(C)C. The van der Waals surface area contributed by atoms with Gasteiger partial charge < -0.3 is 10.1 Å². The summed E-state index contributed by atoms with van der Waals surface area (Å²) in [5.74, 6) is -0.184. The van der Waals surface area contributed by atoms with E-state index in [2.05, 4.69) is 12.2 Å². The first-order valence-corrected chi connectivity index (χ1v) is 6.30.